The summed E-state index contributed by atoms with van der Waals surface area (Å²) in [7, 11) is 0. The van der Waals surface area contributed by atoms with E-state index in [-0.39, 0.29) is 11.2 Å². The van der Waals surface area contributed by atoms with Gasteiger partial charge in [-0.05, 0) is 37.8 Å². The highest BCUT2D eigenvalue weighted by Crippen LogP contribution is 2.26. The number of amides is 1. The van der Waals surface area contributed by atoms with Gasteiger partial charge in [-0.1, -0.05) is 43.7 Å². The van der Waals surface area contributed by atoms with Crippen molar-refractivity contribution in [2.45, 2.75) is 56.0 Å². The monoisotopic (exact) mass is 317 g/mol. The molecule has 0 aliphatic heterocycles. The van der Waals surface area contributed by atoms with Crippen molar-refractivity contribution in [2.24, 2.45) is 5.92 Å². The first-order chi connectivity index (χ1) is 10.6. The van der Waals surface area contributed by atoms with Crippen molar-refractivity contribution in [3.8, 4) is 0 Å². The van der Waals surface area contributed by atoms with Crippen LogP contribution in [0.25, 0.3) is 11.0 Å². The number of benzene rings is 1. The van der Waals surface area contributed by atoms with Crippen LogP contribution in [0.4, 0.5) is 0 Å². The second kappa shape index (κ2) is 6.73. The standard InChI is InChI=1S/C17H23N3OS/c1-11-7-3-4-8-13(11)18-16(21)12(2)22-17-19-14-9-5-6-10-15(14)20-17/h5-6,9-13H,3-4,7-8H2,1-2H3,(H,18,21)(H,19,20)/t11-,12-,13-/m1/s1. The van der Waals surface area contributed by atoms with E-state index in [0.717, 1.165) is 22.6 Å². The molecule has 0 saturated heterocycles. The van der Waals surface area contributed by atoms with Crippen molar-refractivity contribution in [3.05, 3.63) is 24.3 Å². The zero-order chi connectivity index (χ0) is 15.5. The summed E-state index contributed by atoms with van der Waals surface area (Å²) in [6, 6.07) is 8.26. The fourth-order valence-electron chi connectivity index (χ4n) is 3.04. The minimum absolute atomic E-state index is 0.115. The third kappa shape index (κ3) is 3.46. The van der Waals surface area contributed by atoms with Crippen LogP contribution in [0.3, 0.4) is 0 Å². The van der Waals surface area contributed by atoms with Crippen molar-refractivity contribution >= 4 is 28.7 Å². The maximum Gasteiger partial charge on any atom is 0.233 e. The SMILES string of the molecule is C[C@@H]1CCCC[C@H]1NC(=O)[C@@H](C)Sc1nc2ccccc2[nH]1. The van der Waals surface area contributed by atoms with Gasteiger partial charge in [0, 0.05) is 6.04 Å². The number of H-pyrrole nitrogens is 1. The summed E-state index contributed by atoms with van der Waals surface area (Å²) < 4.78 is 0. The number of nitrogens with one attached hydrogen (secondary N) is 2. The minimum Gasteiger partial charge on any atom is -0.352 e. The van der Waals surface area contributed by atoms with E-state index in [2.05, 4.69) is 22.2 Å². The Hall–Kier alpha value is -1.49. The Labute approximate surface area is 135 Å². The smallest absolute Gasteiger partial charge is 0.233 e. The fraction of sp³-hybridized carbons (Fsp3) is 0.529. The van der Waals surface area contributed by atoms with Crippen LogP contribution in [0, 0.1) is 5.92 Å². The van der Waals surface area contributed by atoms with E-state index < -0.39 is 0 Å². The number of aromatic nitrogens is 2. The number of hydrogen-bond acceptors (Lipinski definition) is 3. The molecule has 2 aromatic rings. The first-order valence-electron chi connectivity index (χ1n) is 8.05. The molecule has 0 unspecified atom stereocenters. The molecule has 4 nitrogen and oxygen atoms in total. The summed E-state index contributed by atoms with van der Waals surface area (Å²) >= 11 is 1.49. The molecule has 1 fully saturated rings. The Bertz CT molecular complexity index is 621. The van der Waals surface area contributed by atoms with Gasteiger partial charge in [0.1, 0.15) is 0 Å². The highest BCUT2D eigenvalue weighted by molar-refractivity contribution is 8.00. The fourth-order valence-corrected chi connectivity index (χ4v) is 3.87. The van der Waals surface area contributed by atoms with Crippen LogP contribution in [0.5, 0.6) is 0 Å². The average molecular weight is 317 g/mol. The number of aromatic amines is 1. The molecule has 3 rings (SSSR count). The van der Waals surface area contributed by atoms with E-state index in [0.29, 0.717) is 12.0 Å². The van der Waals surface area contributed by atoms with Crippen molar-refractivity contribution in [3.63, 3.8) is 0 Å². The van der Waals surface area contributed by atoms with Gasteiger partial charge in [0.05, 0.1) is 16.3 Å². The first kappa shape index (κ1) is 15.4. The summed E-state index contributed by atoms with van der Waals surface area (Å²) in [5, 5.41) is 3.88. The first-order valence-corrected chi connectivity index (χ1v) is 8.93. The van der Waals surface area contributed by atoms with Crippen molar-refractivity contribution in [1.29, 1.82) is 0 Å². The molecule has 5 heteroatoms. The number of fused-ring (bicyclic) bond motifs is 1. The molecule has 22 heavy (non-hydrogen) atoms. The average Bonchev–Trinajstić information content (AvgIpc) is 2.91. The lowest BCUT2D eigenvalue weighted by atomic mass is 9.86. The molecule has 118 valence electrons. The van der Waals surface area contributed by atoms with Gasteiger partial charge in [-0.2, -0.15) is 0 Å². The molecule has 1 aliphatic carbocycles. The molecule has 1 saturated carbocycles. The predicted octanol–water partition coefficient (Wildman–Crippen LogP) is 3.74. The zero-order valence-corrected chi connectivity index (χ0v) is 14.0. The van der Waals surface area contributed by atoms with Crippen LogP contribution in [0.15, 0.2) is 29.4 Å². The maximum absolute atomic E-state index is 12.4. The Balaban J connectivity index is 1.60. The molecule has 0 spiro atoms. The van der Waals surface area contributed by atoms with Gasteiger partial charge in [-0.15, -0.1) is 0 Å². The van der Waals surface area contributed by atoms with Crippen LogP contribution >= 0.6 is 11.8 Å². The van der Waals surface area contributed by atoms with Crippen LogP contribution < -0.4 is 5.32 Å². The number of hydrogen-bond donors (Lipinski definition) is 2. The highest BCUT2D eigenvalue weighted by atomic mass is 32.2. The molecule has 2 N–H and O–H groups in total. The van der Waals surface area contributed by atoms with E-state index in [1.165, 1.54) is 31.0 Å². The number of imidazole rings is 1. The lowest BCUT2D eigenvalue weighted by molar-refractivity contribution is -0.121. The van der Waals surface area contributed by atoms with Crippen LogP contribution in [-0.4, -0.2) is 27.2 Å². The molecule has 1 aliphatic rings. The minimum atomic E-state index is -0.144. The van der Waals surface area contributed by atoms with E-state index >= 15 is 0 Å². The number of carbonyl (C=O) groups is 1. The Morgan fingerprint density at radius 1 is 1.36 bits per heavy atom. The second-order valence-electron chi connectivity index (χ2n) is 6.20. The Kier molecular flexibility index (Phi) is 4.71. The van der Waals surface area contributed by atoms with Gasteiger partial charge < -0.3 is 10.3 Å². The molecular formula is C17H23N3OS. The summed E-state index contributed by atoms with van der Waals surface area (Å²) in [6.07, 6.45) is 4.84. The van der Waals surface area contributed by atoms with Crippen molar-refractivity contribution in [2.75, 3.05) is 0 Å². The molecule has 0 radical (unpaired) electrons. The maximum atomic E-state index is 12.4. The van der Waals surface area contributed by atoms with Gasteiger partial charge in [0.15, 0.2) is 5.16 Å². The van der Waals surface area contributed by atoms with Crippen LogP contribution in [-0.2, 0) is 4.79 Å². The lowest BCUT2D eigenvalue weighted by Crippen LogP contribution is -2.44. The van der Waals surface area contributed by atoms with Gasteiger partial charge >= 0.3 is 0 Å². The molecule has 0 bridgehead atoms. The molecule has 1 amide bonds. The van der Waals surface area contributed by atoms with E-state index in [9.17, 15) is 4.79 Å². The Morgan fingerprint density at radius 3 is 2.91 bits per heavy atom. The lowest BCUT2D eigenvalue weighted by Gasteiger charge is -2.30. The highest BCUT2D eigenvalue weighted by Gasteiger charge is 2.25. The number of nitrogens with zero attached hydrogens (tertiary/aromatic N) is 1. The summed E-state index contributed by atoms with van der Waals surface area (Å²) in [6.45, 7) is 4.18. The second-order valence-corrected chi connectivity index (χ2v) is 7.53. The normalized spacial score (nSPS) is 23.4. The molecule has 3 atom stereocenters. The summed E-state index contributed by atoms with van der Waals surface area (Å²) in [5.74, 6) is 0.699. The topological polar surface area (TPSA) is 57.8 Å². The molecule has 1 aromatic carbocycles. The molecule has 1 heterocycles. The van der Waals surface area contributed by atoms with Crippen molar-refractivity contribution in [1.82, 2.24) is 15.3 Å². The molecular weight excluding hydrogens is 294 g/mol. The predicted molar refractivity (Wildman–Crippen MR) is 91.0 cm³/mol. The quantitative estimate of drug-likeness (QED) is 0.845. The Morgan fingerprint density at radius 2 is 2.14 bits per heavy atom. The van der Waals surface area contributed by atoms with Crippen LogP contribution in [0.2, 0.25) is 0 Å². The summed E-state index contributed by atoms with van der Waals surface area (Å²) in [4.78, 5) is 20.2. The van der Waals surface area contributed by atoms with Gasteiger partial charge in [-0.25, -0.2) is 4.98 Å². The number of para-hydroxylation sites is 2. The van der Waals surface area contributed by atoms with Crippen molar-refractivity contribution < 1.29 is 4.79 Å². The zero-order valence-electron chi connectivity index (χ0n) is 13.1. The third-order valence-corrected chi connectivity index (χ3v) is 5.45. The van der Waals surface area contributed by atoms with E-state index in [1.807, 2.05) is 31.2 Å². The number of carbonyl (C=O) groups excluding carboxylic acids is 1. The van der Waals surface area contributed by atoms with Gasteiger partial charge in [0.2, 0.25) is 5.91 Å². The van der Waals surface area contributed by atoms with E-state index in [1.54, 1.807) is 0 Å². The number of rotatable bonds is 4. The summed E-state index contributed by atoms with van der Waals surface area (Å²) in [5.41, 5.74) is 1.96. The van der Waals surface area contributed by atoms with E-state index in [4.69, 9.17) is 0 Å². The van der Waals surface area contributed by atoms with Gasteiger partial charge in [-0.3, -0.25) is 4.79 Å². The van der Waals surface area contributed by atoms with Crippen LogP contribution in [0.1, 0.15) is 39.5 Å². The van der Waals surface area contributed by atoms with Gasteiger partial charge in [0.25, 0.3) is 0 Å². The third-order valence-electron chi connectivity index (χ3n) is 4.46. The largest absolute Gasteiger partial charge is 0.352 e. The number of thioether (sulfide) groups is 1. The molecule has 1 aromatic heterocycles.